The topological polar surface area (TPSA) is 29.3 Å². The Balaban J connectivity index is 0.927. The summed E-state index contributed by atoms with van der Waals surface area (Å²) in [5.74, 6) is 0. The third kappa shape index (κ3) is 6.16. The zero-order chi connectivity index (χ0) is 40.3. The fraction of sp³-hybridized carbons (Fsp3) is 0. The Bertz CT molecular complexity index is 3570. The van der Waals surface area contributed by atoms with Crippen LogP contribution in [-0.4, -0.2) is 4.98 Å². The molecule has 0 spiro atoms. The second-order valence-corrected chi connectivity index (χ2v) is 16.5. The van der Waals surface area contributed by atoms with Crippen molar-refractivity contribution < 1.29 is 4.42 Å². The van der Waals surface area contributed by atoms with Gasteiger partial charge in [-0.2, -0.15) is 0 Å². The maximum atomic E-state index is 6.52. The highest BCUT2D eigenvalue weighted by Gasteiger charge is 2.18. The van der Waals surface area contributed by atoms with Gasteiger partial charge < -0.3 is 9.32 Å². The number of rotatable bonds is 7. The second kappa shape index (κ2) is 14.5. The Hall–Kier alpha value is -7.79. The van der Waals surface area contributed by atoms with E-state index in [4.69, 9.17) is 9.40 Å². The number of anilines is 3. The van der Waals surface area contributed by atoms with E-state index in [2.05, 4.69) is 217 Å². The molecule has 0 unspecified atom stereocenters. The van der Waals surface area contributed by atoms with Crippen molar-refractivity contribution in [2.24, 2.45) is 0 Å². The van der Waals surface area contributed by atoms with Crippen LogP contribution in [0.2, 0.25) is 0 Å². The number of thiazole rings is 1. The molecule has 4 heteroatoms. The van der Waals surface area contributed by atoms with Gasteiger partial charge in [-0.1, -0.05) is 152 Å². The van der Waals surface area contributed by atoms with E-state index in [-0.39, 0.29) is 0 Å². The molecule has 0 bridgehead atoms. The largest absolute Gasteiger partial charge is 0.456 e. The predicted molar refractivity (Wildman–Crippen MR) is 258 cm³/mol. The van der Waals surface area contributed by atoms with Gasteiger partial charge >= 0.3 is 0 Å². The van der Waals surface area contributed by atoms with E-state index in [0.29, 0.717) is 0 Å². The van der Waals surface area contributed by atoms with Gasteiger partial charge in [-0.05, 0) is 122 Å². The third-order valence-electron chi connectivity index (χ3n) is 11.9. The number of benzene rings is 10. The van der Waals surface area contributed by atoms with Crippen LogP contribution in [0.4, 0.5) is 17.1 Å². The van der Waals surface area contributed by atoms with Gasteiger partial charge in [-0.15, -0.1) is 11.3 Å². The van der Waals surface area contributed by atoms with E-state index in [1.165, 1.54) is 43.8 Å². The van der Waals surface area contributed by atoms with Crippen molar-refractivity contribution in [1.82, 2.24) is 4.98 Å². The lowest BCUT2D eigenvalue weighted by Crippen LogP contribution is -2.10. The van der Waals surface area contributed by atoms with Crippen LogP contribution in [0.15, 0.2) is 223 Å². The van der Waals surface area contributed by atoms with E-state index in [0.717, 1.165) is 70.9 Å². The summed E-state index contributed by atoms with van der Waals surface area (Å²) in [6, 6.07) is 78.2. The molecule has 12 rings (SSSR count). The van der Waals surface area contributed by atoms with Crippen LogP contribution < -0.4 is 4.90 Å². The molecule has 10 aromatic carbocycles. The summed E-state index contributed by atoms with van der Waals surface area (Å²) in [6.45, 7) is 0. The summed E-state index contributed by atoms with van der Waals surface area (Å²) in [7, 11) is 0. The van der Waals surface area contributed by atoms with E-state index in [1.54, 1.807) is 11.3 Å². The number of aromatic nitrogens is 1. The van der Waals surface area contributed by atoms with Crippen molar-refractivity contribution >= 4 is 82.1 Å². The van der Waals surface area contributed by atoms with Gasteiger partial charge in [0.05, 0.1) is 10.2 Å². The highest BCUT2D eigenvalue weighted by Crippen LogP contribution is 2.43. The lowest BCUT2D eigenvalue weighted by Gasteiger charge is -2.26. The van der Waals surface area contributed by atoms with Crippen LogP contribution in [0.5, 0.6) is 0 Å². The molecule has 3 nitrogen and oxygen atoms in total. The Kier molecular flexibility index (Phi) is 8.36. The highest BCUT2D eigenvalue weighted by atomic mass is 32.1. The molecule has 2 heterocycles. The zero-order valence-electron chi connectivity index (χ0n) is 33.0. The molecule has 0 amide bonds. The van der Waals surface area contributed by atoms with Gasteiger partial charge in [-0.25, -0.2) is 4.98 Å². The minimum absolute atomic E-state index is 0.873. The van der Waals surface area contributed by atoms with Crippen LogP contribution in [-0.2, 0) is 0 Å². The maximum absolute atomic E-state index is 6.52. The summed E-state index contributed by atoms with van der Waals surface area (Å²) in [4.78, 5) is 7.33. The summed E-state index contributed by atoms with van der Waals surface area (Å²) in [5, 5.41) is 8.30. The van der Waals surface area contributed by atoms with Crippen molar-refractivity contribution in [3.05, 3.63) is 218 Å². The lowest BCUT2D eigenvalue weighted by molar-refractivity contribution is 0.669. The Labute approximate surface area is 357 Å². The first-order chi connectivity index (χ1) is 30.2. The molecule has 0 aliphatic heterocycles. The van der Waals surface area contributed by atoms with Gasteiger partial charge in [-0.3, -0.25) is 0 Å². The maximum Gasteiger partial charge on any atom is 0.137 e. The zero-order valence-corrected chi connectivity index (χ0v) is 33.8. The Morgan fingerprint density at radius 2 is 0.984 bits per heavy atom. The fourth-order valence-corrected chi connectivity index (χ4v) is 10.0. The summed E-state index contributed by atoms with van der Waals surface area (Å²) in [5.41, 5.74) is 14.1. The fourth-order valence-electron chi connectivity index (χ4n) is 8.92. The van der Waals surface area contributed by atoms with E-state index < -0.39 is 0 Å². The quantitative estimate of drug-likeness (QED) is 0.150. The van der Waals surface area contributed by atoms with Gasteiger partial charge in [0, 0.05) is 33.4 Å². The molecular weight excluding hydrogens is 761 g/mol. The van der Waals surface area contributed by atoms with Crippen molar-refractivity contribution in [2.45, 2.75) is 0 Å². The SMILES string of the molecule is c1ccc(-c2cccc(N(c3ccc(-c4ccc5c(c4)oc4ccc6nc(-c7ccccc7)sc6c45)cc3)c3ccc(-c4cc5ccccc5c5ccccc45)cc3)c2)cc1. The molecule has 2 aromatic heterocycles. The Morgan fingerprint density at radius 1 is 0.377 bits per heavy atom. The number of hydrogen-bond donors (Lipinski definition) is 0. The van der Waals surface area contributed by atoms with Crippen LogP contribution >= 0.6 is 11.3 Å². The molecule has 0 atom stereocenters. The first-order valence-electron chi connectivity index (χ1n) is 20.6. The Morgan fingerprint density at radius 3 is 1.75 bits per heavy atom. The lowest BCUT2D eigenvalue weighted by atomic mass is 9.93. The monoisotopic (exact) mass is 796 g/mol. The first kappa shape index (κ1) is 35.2. The molecule has 0 saturated carbocycles. The number of nitrogens with zero attached hydrogens (tertiary/aromatic N) is 2. The van der Waals surface area contributed by atoms with E-state index >= 15 is 0 Å². The molecule has 286 valence electrons. The van der Waals surface area contributed by atoms with E-state index in [1.807, 2.05) is 6.07 Å². The summed E-state index contributed by atoms with van der Waals surface area (Å²) < 4.78 is 7.67. The van der Waals surface area contributed by atoms with Crippen LogP contribution in [0.1, 0.15) is 0 Å². The third-order valence-corrected chi connectivity index (χ3v) is 13.0. The molecule has 0 aliphatic rings. The first-order valence-corrected chi connectivity index (χ1v) is 21.4. The summed E-state index contributed by atoms with van der Waals surface area (Å²) in [6.07, 6.45) is 0. The van der Waals surface area contributed by atoms with Gasteiger partial charge in [0.2, 0.25) is 0 Å². The van der Waals surface area contributed by atoms with Crippen LogP contribution in [0, 0.1) is 0 Å². The van der Waals surface area contributed by atoms with Crippen molar-refractivity contribution in [2.75, 3.05) is 4.90 Å². The molecule has 0 aliphatic carbocycles. The second-order valence-electron chi connectivity index (χ2n) is 15.5. The molecule has 12 aromatic rings. The number of hydrogen-bond acceptors (Lipinski definition) is 4. The molecule has 0 N–H and O–H groups in total. The van der Waals surface area contributed by atoms with E-state index in [9.17, 15) is 0 Å². The average molecular weight is 797 g/mol. The normalized spacial score (nSPS) is 11.6. The minimum atomic E-state index is 0.873. The predicted octanol–water partition coefficient (Wildman–Crippen LogP) is 16.6. The van der Waals surface area contributed by atoms with Crippen molar-refractivity contribution in [3.63, 3.8) is 0 Å². The van der Waals surface area contributed by atoms with Crippen LogP contribution in [0.3, 0.4) is 0 Å². The van der Waals surface area contributed by atoms with Gasteiger partial charge in [0.25, 0.3) is 0 Å². The van der Waals surface area contributed by atoms with Crippen molar-refractivity contribution in [1.29, 1.82) is 0 Å². The van der Waals surface area contributed by atoms with Crippen LogP contribution in [0.25, 0.3) is 97.7 Å². The molecule has 0 fully saturated rings. The minimum Gasteiger partial charge on any atom is -0.456 e. The number of furan rings is 1. The van der Waals surface area contributed by atoms with Gasteiger partial charge in [0.1, 0.15) is 16.2 Å². The van der Waals surface area contributed by atoms with Gasteiger partial charge in [0.15, 0.2) is 0 Å². The highest BCUT2D eigenvalue weighted by molar-refractivity contribution is 7.22. The average Bonchev–Trinajstić information content (AvgIpc) is 3.94. The molecular formula is C57H36N2OS. The molecule has 0 radical (unpaired) electrons. The standard InChI is InChI=1S/C57H36N2OS/c1-3-12-37(13-4-1)41-17-11-18-46(34-41)59(45-29-24-39(25-30-45)51-35-43-16-7-8-19-47(43)48-20-9-10-21-49(48)51)44-27-22-38(23-28-44)42-26-31-50-54(36-42)60-53-33-32-52-56(55(50)53)61-57(58-52)40-14-5-2-6-15-40/h1-36H. The summed E-state index contributed by atoms with van der Waals surface area (Å²) >= 11 is 1.72. The van der Waals surface area contributed by atoms with Crippen molar-refractivity contribution in [3.8, 4) is 44.0 Å². The number of fused-ring (bicyclic) bond motifs is 8. The smallest absolute Gasteiger partial charge is 0.137 e. The molecule has 0 saturated heterocycles. The molecule has 61 heavy (non-hydrogen) atoms.